The Labute approximate surface area is 70.9 Å². The van der Waals surface area contributed by atoms with Gasteiger partial charge in [0.25, 0.3) is 0 Å². The molecule has 0 saturated heterocycles. The van der Waals surface area contributed by atoms with Gasteiger partial charge in [-0.15, -0.1) is 0 Å². The average Bonchev–Trinajstić information content (AvgIpc) is 1.63. The van der Waals surface area contributed by atoms with Crippen LogP contribution in [0.5, 0.6) is 0 Å². The lowest BCUT2D eigenvalue weighted by Crippen LogP contribution is -2.35. The molecule has 0 aliphatic heterocycles. The molecule has 0 heterocycles. The number of nitrogens with zero attached hydrogens (tertiary/aromatic N) is 1. The van der Waals surface area contributed by atoms with Gasteiger partial charge in [0.1, 0.15) is 0 Å². The van der Waals surface area contributed by atoms with Gasteiger partial charge in [0.2, 0.25) is 0 Å². The molecule has 0 amide bonds. The van der Waals surface area contributed by atoms with Crippen LogP contribution < -0.4 is 5.73 Å². The van der Waals surface area contributed by atoms with Crippen molar-refractivity contribution >= 4 is 22.6 Å². The number of alkyl halides is 1. The first-order chi connectivity index (χ1) is 4.04. The van der Waals surface area contributed by atoms with Gasteiger partial charge < -0.3 is 5.73 Å². The van der Waals surface area contributed by atoms with Crippen LogP contribution in [0, 0.1) is 0 Å². The van der Waals surface area contributed by atoms with Crippen molar-refractivity contribution < 1.29 is 0 Å². The van der Waals surface area contributed by atoms with Gasteiger partial charge in [0.15, 0.2) is 0 Å². The van der Waals surface area contributed by atoms with Crippen molar-refractivity contribution in [3.05, 3.63) is 0 Å². The Balaban J connectivity index is 3.38. The summed E-state index contributed by atoms with van der Waals surface area (Å²) in [6.07, 6.45) is 0. The van der Waals surface area contributed by atoms with Gasteiger partial charge in [-0.05, 0) is 20.9 Å². The third-order valence-electron chi connectivity index (χ3n) is 1.18. The van der Waals surface area contributed by atoms with E-state index in [1.165, 1.54) is 0 Å². The molecular weight excluding hydrogens is 227 g/mol. The van der Waals surface area contributed by atoms with E-state index in [1.54, 1.807) is 0 Å². The molecule has 0 rings (SSSR count). The van der Waals surface area contributed by atoms with Crippen LogP contribution >= 0.6 is 22.6 Å². The molecule has 2 nitrogen and oxygen atoms in total. The molecule has 2 N–H and O–H groups in total. The fourth-order valence-corrected chi connectivity index (χ4v) is 0.827. The van der Waals surface area contributed by atoms with E-state index in [9.17, 15) is 0 Å². The SMILES string of the molecule is CC(N)CN(C)[C@@H](C)I. The zero-order valence-corrected chi connectivity index (χ0v) is 8.42. The minimum atomic E-state index is 0.284. The van der Waals surface area contributed by atoms with Crippen molar-refractivity contribution in [1.82, 2.24) is 4.90 Å². The maximum absolute atomic E-state index is 5.59. The number of rotatable bonds is 3. The summed E-state index contributed by atoms with van der Waals surface area (Å²) in [5.41, 5.74) is 5.59. The summed E-state index contributed by atoms with van der Waals surface area (Å²) in [4.78, 5) is 2.23. The zero-order valence-electron chi connectivity index (χ0n) is 6.26. The van der Waals surface area contributed by atoms with Gasteiger partial charge in [-0.2, -0.15) is 0 Å². The highest BCUT2D eigenvalue weighted by Gasteiger charge is 2.05. The molecule has 9 heavy (non-hydrogen) atoms. The maximum atomic E-state index is 5.59. The van der Waals surface area contributed by atoms with E-state index in [2.05, 4.69) is 41.5 Å². The summed E-state index contributed by atoms with van der Waals surface area (Å²) in [5.74, 6) is 0. The second-order valence-electron chi connectivity index (χ2n) is 2.49. The minimum Gasteiger partial charge on any atom is -0.327 e. The highest BCUT2D eigenvalue weighted by atomic mass is 127. The van der Waals surface area contributed by atoms with Crippen molar-refractivity contribution in [2.75, 3.05) is 13.6 Å². The Kier molecular flexibility index (Phi) is 4.79. The van der Waals surface area contributed by atoms with Crippen molar-refractivity contribution in [1.29, 1.82) is 0 Å². The minimum absolute atomic E-state index is 0.284. The van der Waals surface area contributed by atoms with Crippen LogP contribution in [0.1, 0.15) is 13.8 Å². The Hall–Kier alpha value is 0.650. The summed E-state index contributed by atoms with van der Waals surface area (Å²) >= 11 is 2.37. The molecule has 0 bridgehead atoms. The van der Waals surface area contributed by atoms with Gasteiger partial charge in [-0.1, -0.05) is 22.6 Å². The molecule has 0 aromatic carbocycles. The lowest BCUT2D eigenvalue weighted by atomic mass is 10.3. The Bertz CT molecular complexity index is 73.5. The Morgan fingerprint density at radius 3 is 2.11 bits per heavy atom. The van der Waals surface area contributed by atoms with Crippen LogP contribution in [-0.2, 0) is 0 Å². The molecule has 0 aromatic rings. The smallest absolute Gasteiger partial charge is 0.0588 e. The summed E-state index contributed by atoms with van der Waals surface area (Å²) < 4.78 is 0.577. The van der Waals surface area contributed by atoms with Crippen LogP contribution in [-0.4, -0.2) is 28.6 Å². The molecule has 1 unspecified atom stereocenters. The second kappa shape index (κ2) is 4.46. The molecule has 3 heteroatoms. The standard InChI is InChI=1S/C6H15IN2/c1-5(8)4-9(3)6(2)7/h5-6H,4,8H2,1-3H3/t5?,6-/m0/s1. The first-order valence-electron chi connectivity index (χ1n) is 3.14. The summed E-state index contributed by atoms with van der Waals surface area (Å²) in [6, 6.07) is 0.284. The first kappa shape index (κ1) is 9.65. The normalized spacial score (nSPS) is 18.0. The topological polar surface area (TPSA) is 29.3 Å². The molecule has 0 fully saturated rings. The van der Waals surface area contributed by atoms with E-state index >= 15 is 0 Å². The summed E-state index contributed by atoms with van der Waals surface area (Å²) in [7, 11) is 2.08. The Morgan fingerprint density at radius 1 is 1.56 bits per heavy atom. The summed E-state index contributed by atoms with van der Waals surface area (Å²) in [6.45, 7) is 5.16. The fraction of sp³-hybridized carbons (Fsp3) is 1.00. The van der Waals surface area contributed by atoms with Crippen LogP contribution in [0.2, 0.25) is 0 Å². The number of hydrogen-bond donors (Lipinski definition) is 1. The van der Waals surface area contributed by atoms with Gasteiger partial charge in [0.05, 0.1) is 4.05 Å². The zero-order chi connectivity index (χ0) is 7.44. The van der Waals surface area contributed by atoms with E-state index in [0.29, 0.717) is 4.05 Å². The van der Waals surface area contributed by atoms with E-state index in [1.807, 2.05) is 6.92 Å². The van der Waals surface area contributed by atoms with E-state index < -0.39 is 0 Å². The van der Waals surface area contributed by atoms with Gasteiger partial charge >= 0.3 is 0 Å². The van der Waals surface area contributed by atoms with Crippen molar-refractivity contribution in [3.8, 4) is 0 Å². The maximum Gasteiger partial charge on any atom is 0.0588 e. The van der Waals surface area contributed by atoms with Crippen molar-refractivity contribution in [3.63, 3.8) is 0 Å². The molecule has 0 aliphatic rings. The number of halogens is 1. The van der Waals surface area contributed by atoms with Crippen molar-refractivity contribution in [2.45, 2.75) is 23.9 Å². The van der Waals surface area contributed by atoms with Crippen LogP contribution in [0.4, 0.5) is 0 Å². The highest BCUT2D eigenvalue weighted by Crippen LogP contribution is 2.03. The van der Waals surface area contributed by atoms with Crippen LogP contribution in [0.25, 0.3) is 0 Å². The predicted octanol–water partition coefficient (Wildman–Crippen LogP) is 1.05. The van der Waals surface area contributed by atoms with E-state index in [4.69, 9.17) is 5.73 Å². The highest BCUT2D eigenvalue weighted by molar-refractivity contribution is 14.1. The van der Waals surface area contributed by atoms with Crippen molar-refractivity contribution in [2.24, 2.45) is 5.73 Å². The molecule has 0 aromatic heterocycles. The third-order valence-corrected chi connectivity index (χ3v) is 2.13. The summed E-state index contributed by atoms with van der Waals surface area (Å²) in [5, 5.41) is 0. The molecule has 0 spiro atoms. The largest absolute Gasteiger partial charge is 0.327 e. The average molecular weight is 242 g/mol. The lowest BCUT2D eigenvalue weighted by molar-refractivity contribution is 0.321. The number of hydrogen-bond acceptors (Lipinski definition) is 2. The predicted molar refractivity (Wildman–Crippen MR) is 49.8 cm³/mol. The number of nitrogens with two attached hydrogens (primary N) is 1. The van der Waals surface area contributed by atoms with Gasteiger partial charge in [0, 0.05) is 12.6 Å². The quantitative estimate of drug-likeness (QED) is 0.455. The molecular formula is C6H15IN2. The van der Waals surface area contributed by atoms with Gasteiger partial charge in [-0.3, -0.25) is 4.90 Å². The Morgan fingerprint density at radius 2 is 2.00 bits per heavy atom. The molecule has 0 radical (unpaired) electrons. The molecule has 0 saturated carbocycles. The van der Waals surface area contributed by atoms with Crippen LogP contribution in [0.3, 0.4) is 0 Å². The van der Waals surface area contributed by atoms with E-state index in [0.717, 1.165) is 6.54 Å². The van der Waals surface area contributed by atoms with Gasteiger partial charge in [-0.25, -0.2) is 0 Å². The molecule has 56 valence electrons. The third kappa shape index (κ3) is 5.11. The number of likely N-dealkylation sites (N-methyl/N-ethyl adjacent to an activating group) is 1. The first-order valence-corrected chi connectivity index (χ1v) is 4.38. The lowest BCUT2D eigenvalue weighted by Gasteiger charge is -2.21. The molecule has 0 aliphatic carbocycles. The molecule has 2 atom stereocenters. The van der Waals surface area contributed by atoms with E-state index in [-0.39, 0.29) is 6.04 Å². The fourth-order valence-electron chi connectivity index (χ4n) is 0.600. The van der Waals surface area contributed by atoms with Crippen LogP contribution in [0.15, 0.2) is 0 Å². The monoisotopic (exact) mass is 242 g/mol. The second-order valence-corrected chi connectivity index (χ2v) is 4.29.